The highest BCUT2D eigenvalue weighted by Gasteiger charge is 2.08. The molecule has 0 spiro atoms. The zero-order valence-corrected chi connectivity index (χ0v) is 12.4. The predicted octanol–water partition coefficient (Wildman–Crippen LogP) is 1.49. The molecule has 0 saturated heterocycles. The summed E-state index contributed by atoms with van der Waals surface area (Å²) in [5.74, 6) is 1.35. The molecule has 0 saturated carbocycles. The van der Waals surface area contributed by atoms with E-state index in [1.165, 1.54) is 0 Å². The van der Waals surface area contributed by atoms with Crippen LogP contribution in [0.2, 0.25) is 0 Å². The third-order valence-electron chi connectivity index (χ3n) is 2.73. The second kappa shape index (κ2) is 8.43. The van der Waals surface area contributed by atoms with E-state index in [9.17, 15) is 4.79 Å². The van der Waals surface area contributed by atoms with Crippen molar-refractivity contribution in [1.82, 2.24) is 5.32 Å². The molecule has 5 nitrogen and oxygen atoms in total. The van der Waals surface area contributed by atoms with Gasteiger partial charge in [0, 0.05) is 6.54 Å². The molecule has 0 fully saturated rings. The molecule has 0 heterocycles. The maximum Gasteiger partial charge on any atom is 0.236 e. The first-order valence-electron chi connectivity index (χ1n) is 7.00. The van der Waals surface area contributed by atoms with Crippen molar-refractivity contribution in [3.8, 4) is 11.5 Å². The Morgan fingerprint density at radius 3 is 2.50 bits per heavy atom. The van der Waals surface area contributed by atoms with Crippen LogP contribution in [0.4, 0.5) is 0 Å². The van der Waals surface area contributed by atoms with Gasteiger partial charge in [0.2, 0.25) is 5.91 Å². The summed E-state index contributed by atoms with van der Waals surface area (Å²) < 4.78 is 11.1. The minimum Gasteiger partial charge on any atom is -0.490 e. The summed E-state index contributed by atoms with van der Waals surface area (Å²) in [6.07, 6.45) is 0.727. The second-order valence-electron chi connectivity index (χ2n) is 4.48. The molecular formula is C15H24N2O3. The molecule has 0 bridgehead atoms. The Kier molecular flexibility index (Phi) is 6.87. The predicted molar refractivity (Wildman–Crippen MR) is 79.1 cm³/mol. The van der Waals surface area contributed by atoms with Gasteiger partial charge in [-0.2, -0.15) is 0 Å². The normalized spacial score (nSPS) is 11.8. The number of amides is 1. The molecule has 1 aromatic rings. The van der Waals surface area contributed by atoms with Crippen LogP contribution < -0.4 is 20.5 Å². The van der Waals surface area contributed by atoms with E-state index in [0.29, 0.717) is 19.8 Å². The maximum absolute atomic E-state index is 11.4. The Morgan fingerprint density at radius 1 is 1.25 bits per heavy atom. The molecule has 1 rings (SSSR count). The van der Waals surface area contributed by atoms with Gasteiger partial charge in [-0.15, -0.1) is 0 Å². The molecule has 3 N–H and O–H groups in total. The van der Waals surface area contributed by atoms with Crippen LogP contribution >= 0.6 is 0 Å². The number of rotatable bonds is 8. The van der Waals surface area contributed by atoms with Crippen LogP contribution in [-0.2, 0) is 11.2 Å². The first kappa shape index (κ1) is 16.3. The molecule has 0 aliphatic carbocycles. The van der Waals surface area contributed by atoms with Gasteiger partial charge < -0.3 is 20.5 Å². The fourth-order valence-electron chi connectivity index (χ4n) is 1.74. The summed E-state index contributed by atoms with van der Waals surface area (Å²) in [6.45, 7) is 7.28. The molecule has 0 radical (unpaired) electrons. The third kappa shape index (κ3) is 5.09. The van der Waals surface area contributed by atoms with E-state index in [4.69, 9.17) is 15.2 Å². The lowest BCUT2D eigenvalue weighted by Crippen LogP contribution is -2.39. The van der Waals surface area contributed by atoms with Crippen LogP contribution in [0.25, 0.3) is 0 Å². The topological polar surface area (TPSA) is 73.6 Å². The van der Waals surface area contributed by atoms with Gasteiger partial charge in [-0.25, -0.2) is 0 Å². The standard InChI is InChI=1S/C15H24N2O3/c1-4-19-13-7-6-12(10-14(13)20-5-2)8-9-17-15(18)11(3)16/h6-7,10-11H,4-5,8-9,16H2,1-3H3,(H,17,18). The summed E-state index contributed by atoms with van der Waals surface area (Å²) in [5, 5.41) is 2.79. The summed E-state index contributed by atoms with van der Waals surface area (Å²) in [4.78, 5) is 11.4. The van der Waals surface area contributed by atoms with Gasteiger partial charge in [0.25, 0.3) is 0 Å². The van der Waals surface area contributed by atoms with Gasteiger partial charge in [0.05, 0.1) is 19.3 Å². The molecule has 0 aliphatic rings. The first-order valence-corrected chi connectivity index (χ1v) is 7.00. The molecule has 0 aliphatic heterocycles. The van der Waals surface area contributed by atoms with E-state index in [2.05, 4.69) is 5.32 Å². The van der Waals surface area contributed by atoms with E-state index < -0.39 is 6.04 Å². The van der Waals surface area contributed by atoms with Crippen molar-refractivity contribution >= 4 is 5.91 Å². The smallest absolute Gasteiger partial charge is 0.236 e. The number of carbonyl (C=O) groups is 1. The quantitative estimate of drug-likeness (QED) is 0.756. The zero-order chi connectivity index (χ0) is 15.0. The summed E-state index contributed by atoms with van der Waals surface area (Å²) in [7, 11) is 0. The fraction of sp³-hybridized carbons (Fsp3) is 0.533. The first-order chi connectivity index (χ1) is 9.58. The number of nitrogens with one attached hydrogen (secondary N) is 1. The number of nitrogens with two attached hydrogens (primary N) is 1. The van der Waals surface area contributed by atoms with Crippen molar-refractivity contribution in [2.75, 3.05) is 19.8 Å². The summed E-state index contributed by atoms with van der Waals surface area (Å²) >= 11 is 0. The molecular weight excluding hydrogens is 256 g/mol. The van der Waals surface area contributed by atoms with Gasteiger partial charge in [0.1, 0.15) is 0 Å². The van der Waals surface area contributed by atoms with E-state index in [1.54, 1.807) is 6.92 Å². The van der Waals surface area contributed by atoms with Crippen LogP contribution in [0, 0.1) is 0 Å². The Morgan fingerprint density at radius 2 is 1.90 bits per heavy atom. The lowest BCUT2D eigenvalue weighted by Gasteiger charge is -2.13. The van der Waals surface area contributed by atoms with Crippen molar-refractivity contribution in [2.24, 2.45) is 5.73 Å². The molecule has 5 heteroatoms. The van der Waals surface area contributed by atoms with Crippen LogP contribution in [-0.4, -0.2) is 31.7 Å². The van der Waals surface area contributed by atoms with Crippen LogP contribution in [0.15, 0.2) is 18.2 Å². The van der Waals surface area contributed by atoms with Crippen molar-refractivity contribution < 1.29 is 14.3 Å². The Hall–Kier alpha value is -1.75. The van der Waals surface area contributed by atoms with Crippen molar-refractivity contribution in [2.45, 2.75) is 33.2 Å². The Balaban J connectivity index is 2.62. The van der Waals surface area contributed by atoms with E-state index in [-0.39, 0.29) is 5.91 Å². The van der Waals surface area contributed by atoms with Crippen molar-refractivity contribution in [1.29, 1.82) is 0 Å². The average molecular weight is 280 g/mol. The molecule has 20 heavy (non-hydrogen) atoms. The number of carbonyl (C=O) groups excluding carboxylic acids is 1. The molecule has 112 valence electrons. The monoisotopic (exact) mass is 280 g/mol. The number of hydrogen-bond acceptors (Lipinski definition) is 4. The Bertz CT molecular complexity index is 433. The third-order valence-corrected chi connectivity index (χ3v) is 2.73. The second-order valence-corrected chi connectivity index (χ2v) is 4.48. The molecule has 1 amide bonds. The van der Waals surface area contributed by atoms with Gasteiger partial charge in [-0.3, -0.25) is 4.79 Å². The minimum absolute atomic E-state index is 0.138. The van der Waals surface area contributed by atoms with Gasteiger partial charge >= 0.3 is 0 Å². The highest BCUT2D eigenvalue weighted by molar-refractivity contribution is 5.80. The minimum atomic E-state index is -0.477. The van der Waals surface area contributed by atoms with Crippen molar-refractivity contribution in [3.05, 3.63) is 23.8 Å². The van der Waals surface area contributed by atoms with Gasteiger partial charge in [-0.05, 0) is 44.9 Å². The lowest BCUT2D eigenvalue weighted by molar-refractivity contribution is -0.121. The average Bonchev–Trinajstić information content (AvgIpc) is 2.41. The highest BCUT2D eigenvalue weighted by Crippen LogP contribution is 2.28. The molecule has 1 atom stereocenters. The maximum atomic E-state index is 11.4. The van der Waals surface area contributed by atoms with Crippen molar-refractivity contribution in [3.63, 3.8) is 0 Å². The van der Waals surface area contributed by atoms with E-state index in [1.807, 2.05) is 32.0 Å². The van der Waals surface area contributed by atoms with E-state index >= 15 is 0 Å². The summed E-state index contributed by atoms with van der Waals surface area (Å²) in [5.41, 5.74) is 6.57. The SMILES string of the molecule is CCOc1ccc(CCNC(=O)C(C)N)cc1OCC. The largest absolute Gasteiger partial charge is 0.490 e. The molecule has 0 aromatic heterocycles. The molecule has 1 unspecified atom stereocenters. The lowest BCUT2D eigenvalue weighted by atomic mass is 10.1. The van der Waals surface area contributed by atoms with Crippen LogP contribution in [0.3, 0.4) is 0 Å². The van der Waals surface area contributed by atoms with E-state index in [0.717, 1.165) is 23.5 Å². The van der Waals surface area contributed by atoms with Crippen LogP contribution in [0.1, 0.15) is 26.3 Å². The number of hydrogen-bond donors (Lipinski definition) is 2. The highest BCUT2D eigenvalue weighted by atomic mass is 16.5. The molecule has 1 aromatic carbocycles. The zero-order valence-electron chi connectivity index (χ0n) is 12.4. The Labute approximate surface area is 120 Å². The van der Waals surface area contributed by atoms with Crippen LogP contribution in [0.5, 0.6) is 11.5 Å². The summed E-state index contributed by atoms with van der Waals surface area (Å²) in [6, 6.07) is 5.35. The van der Waals surface area contributed by atoms with Gasteiger partial charge in [-0.1, -0.05) is 6.07 Å². The fourth-order valence-corrected chi connectivity index (χ4v) is 1.74. The number of ether oxygens (including phenoxy) is 2. The number of benzene rings is 1. The van der Waals surface area contributed by atoms with Gasteiger partial charge in [0.15, 0.2) is 11.5 Å².